The summed E-state index contributed by atoms with van der Waals surface area (Å²) in [6, 6.07) is 15.3. The first kappa shape index (κ1) is 23.1. The summed E-state index contributed by atoms with van der Waals surface area (Å²) < 4.78 is 0. The number of aryl methyl sites for hydroxylation is 1. The minimum Gasteiger partial charge on any atom is -0.369 e. The highest BCUT2D eigenvalue weighted by molar-refractivity contribution is 6.30. The molecule has 0 bridgehead atoms. The third kappa shape index (κ3) is 5.99. The van der Waals surface area contributed by atoms with Gasteiger partial charge in [0.05, 0.1) is 12.6 Å². The van der Waals surface area contributed by atoms with Gasteiger partial charge in [-0.25, -0.2) is 0 Å². The van der Waals surface area contributed by atoms with Crippen molar-refractivity contribution in [3.63, 3.8) is 0 Å². The van der Waals surface area contributed by atoms with Crippen molar-refractivity contribution in [1.82, 2.24) is 9.80 Å². The summed E-state index contributed by atoms with van der Waals surface area (Å²) in [5.41, 5.74) is 2.99. The van der Waals surface area contributed by atoms with Crippen LogP contribution in [0.25, 0.3) is 0 Å². The topological polar surface area (TPSA) is 55.9 Å². The van der Waals surface area contributed by atoms with Gasteiger partial charge >= 0.3 is 0 Å². The van der Waals surface area contributed by atoms with E-state index in [2.05, 4.69) is 28.1 Å². The third-order valence-electron chi connectivity index (χ3n) is 5.82. The molecule has 1 saturated heterocycles. The van der Waals surface area contributed by atoms with E-state index in [9.17, 15) is 9.59 Å². The Balaban J connectivity index is 1.51. The number of benzene rings is 2. The van der Waals surface area contributed by atoms with Crippen LogP contribution in [0.3, 0.4) is 0 Å². The number of likely N-dealkylation sites (N-methyl/N-ethyl adjacent to an activating group) is 1. The SMILES string of the molecule is CCc1ccccc1NC(=O)CN(C)C(=O)[C@@H](C)N1CCN(c2cccc(Cl)c2)CC1. The molecule has 2 amide bonds. The summed E-state index contributed by atoms with van der Waals surface area (Å²) >= 11 is 6.11. The van der Waals surface area contributed by atoms with Gasteiger partial charge in [-0.15, -0.1) is 0 Å². The minimum absolute atomic E-state index is 0.0314. The highest BCUT2D eigenvalue weighted by atomic mass is 35.5. The fourth-order valence-corrected chi connectivity index (χ4v) is 4.13. The van der Waals surface area contributed by atoms with Crippen molar-refractivity contribution in [1.29, 1.82) is 0 Å². The Morgan fingerprint density at radius 2 is 1.81 bits per heavy atom. The molecule has 1 heterocycles. The van der Waals surface area contributed by atoms with Crippen LogP contribution in [0, 0.1) is 0 Å². The number of halogens is 1. The van der Waals surface area contributed by atoms with Gasteiger partial charge < -0.3 is 15.1 Å². The van der Waals surface area contributed by atoms with Gasteiger partial charge in [-0.3, -0.25) is 14.5 Å². The second-order valence-electron chi connectivity index (χ2n) is 7.93. The smallest absolute Gasteiger partial charge is 0.243 e. The first-order valence-electron chi connectivity index (χ1n) is 10.8. The second-order valence-corrected chi connectivity index (χ2v) is 8.37. The Labute approximate surface area is 189 Å². The second kappa shape index (κ2) is 10.6. The van der Waals surface area contributed by atoms with E-state index in [1.54, 1.807) is 7.05 Å². The summed E-state index contributed by atoms with van der Waals surface area (Å²) in [6.45, 7) is 7.22. The van der Waals surface area contributed by atoms with Crippen molar-refractivity contribution >= 4 is 34.8 Å². The molecule has 1 atom stereocenters. The van der Waals surface area contributed by atoms with Crippen LogP contribution in [0.15, 0.2) is 48.5 Å². The van der Waals surface area contributed by atoms with Gasteiger partial charge in [0.25, 0.3) is 0 Å². The van der Waals surface area contributed by atoms with Crippen molar-refractivity contribution in [2.24, 2.45) is 0 Å². The lowest BCUT2D eigenvalue weighted by Gasteiger charge is -2.39. The number of rotatable bonds is 7. The van der Waals surface area contributed by atoms with Crippen molar-refractivity contribution < 1.29 is 9.59 Å². The summed E-state index contributed by atoms with van der Waals surface area (Å²) in [5, 5.41) is 3.66. The number of amides is 2. The van der Waals surface area contributed by atoms with E-state index in [0.717, 1.165) is 54.6 Å². The molecule has 0 saturated carbocycles. The average Bonchev–Trinajstić information content (AvgIpc) is 2.78. The predicted molar refractivity (Wildman–Crippen MR) is 127 cm³/mol. The molecule has 6 nitrogen and oxygen atoms in total. The number of nitrogens with zero attached hydrogens (tertiary/aromatic N) is 3. The molecule has 0 aromatic heterocycles. The van der Waals surface area contributed by atoms with Crippen LogP contribution in [0.2, 0.25) is 5.02 Å². The number of hydrogen-bond donors (Lipinski definition) is 1. The van der Waals surface area contributed by atoms with E-state index in [1.165, 1.54) is 4.90 Å². The molecule has 1 aliphatic rings. The molecule has 0 aliphatic carbocycles. The van der Waals surface area contributed by atoms with E-state index in [4.69, 9.17) is 11.6 Å². The van der Waals surface area contributed by atoms with Crippen LogP contribution in [0.5, 0.6) is 0 Å². The number of carbonyl (C=O) groups is 2. The van der Waals surface area contributed by atoms with Crippen LogP contribution in [-0.4, -0.2) is 67.4 Å². The van der Waals surface area contributed by atoms with Crippen LogP contribution < -0.4 is 10.2 Å². The van der Waals surface area contributed by atoms with Gasteiger partial charge in [0.2, 0.25) is 11.8 Å². The zero-order valence-corrected chi connectivity index (χ0v) is 19.2. The fourth-order valence-electron chi connectivity index (χ4n) is 3.95. The first-order valence-corrected chi connectivity index (χ1v) is 11.1. The molecule has 0 spiro atoms. The fraction of sp³-hybridized carbons (Fsp3) is 0.417. The van der Waals surface area contributed by atoms with Crippen molar-refractivity contribution in [3.05, 3.63) is 59.1 Å². The number of hydrogen-bond acceptors (Lipinski definition) is 4. The standard InChI is InChI=1S/C24H31ClN4O2/c1-4-19-8-5-6-11-22(19)26-23(30)17-27(3)24(31)18(2)28-12-14-29(15-13-28)21-10-7-9-20(25)16-21/h5-11,16,18H,4,12-15,17H2,1-3H3,(H,26,30)/t18-/m1/s1. The summed E-state index contributed by atoms with van der Waals surface area (Å²) in [5.74, 6) is -0.232. The lowest BCUT2D eigenvalue weighted by Crippen LogP contribution is -2.54. The molecule has 31 heavy (non-hydrogen) atoms. The Morgan fingerprint density at radius 1 is 1.10 bits per heavy atom. The summed E-state index contributed by atoms with van der Waals surface area (Å²) in [4.78, 5) is 31.4. The molecule has 0 unspecified atom stereocenters. The van der Waals surface area contributed by atoms with E-state index in [1.807, 2.05) is 49.4 Å². The molecule has 7 heteroatoms. The zero-order chi connectivity index (χ0) is 22.4. The minimum atomic E-state index is -0.276. The Bertz CT molecular complexity index is 912. The van der Waals surface area contributed by atoms with Crippen LogP contribution in [-0.2, 0) is 16.0 Å². The molecule has 1 N–H and O–H groups in total. The highest BCUT2D eigenvalue weighted by Crippen LogP contribution is 2.21. The van der Waals surface area contributed by atoms with Gasteiger partial charge in [0.1, 0.15) is 0 Å². The maximum atomic E-state index is 12.9. The first-order chi connectivity index (χ1) is 14.9. The number of nitrogens with one attached hydrogen (secondary N) is 1. The molecular weight excluding hydrogens is 412 g/mol. The molecule has 2 aromatic rings. The van der Waals surface area contributed by atoms with E-state index >= 15 is 0 Å². The van der Waals surface area contributed by atoms with Gasteiger partial charge in [0.15, 0.2) is 0 Å². The lowest BCUT2D eigenvalue weighted by atomic mass is 10.1. The Morgan fingerprint density at radius 3 is 2.48 bits per heavy atom. The Hall–Kier alpha value is -2.57. The molecule has 0 radical (unpaired) electrons. The third-order valence-corrected chi connectivity index (χ3v) is 6.06. The van der Waals surface area contributed by atoms with Crippen LogP contribution in [0.4, 0.5) is 11.4 Å². The maximum absolute atomic E-state index is 12.9. The maximum Gasteiger partial charge on any atom is 0.243 e. The molecule has 2 aromatic carbocycles. The van der Waals surface area contributed by atoms with Crippen LogP contribution in [0.1, 0.15) is 19.4 Å². The zero-order valence-electron chi connectivity index (χ0n) is 18.5. The van der Waals surface area contributed by atoms with Crippen LogP contribution >= 0.6 is 11.6 Å². The largest absolute Gasteiger partial charge is 0.369 e. The number of carbonyl (C=O) groups excluding carboxylic acids is 2. The lowest BCUT2D eigenvalue weighted by molar-refractivity contribution is -0.137. The predicted octanol–water partition coefficient (Wildman–Crippen LogP) is 3.51. The summed E-state index contributed by atoms with van der Waals surface area (Å²) in [7, 11) is 1.69. The Kier molecular flexibility index (Phi) is 7.93. The number of para-hydroxylation sites is 1. The molecule has 1 fully saturated rings. The molecule has 166 valence electrons. The molecular formula is C24H31ClN4O2. The molecule has 1 aliphatic heterocycles. The van der Waals surface area contributed by atoms with Crippen molar-refractivity contribution in [2.75, 3.05) is 50.0 Å². The van der Waals surface area contributed by atoms with E-state index < -0.39 is 0 Å². The van der Waals surface area contributed by atoms with E-state index in [-0.39, 0.29) is 24.4 Å². The van der Waals surface area contributed by atoms with Gasteiger partial charge in [-0.05, 0) is 43.2 Å². The monoisotopic (exact) mass is 442 g/mol. The number of anilines is 2. The van der Waals surface area contributed by atoms with E-state index in [0.29, 0.717) is 0 Å². The molecule has 3 rings (SSSR count). The quantitative estimate of drug-likeness (QED) is 0.712. The van der Waals surface area contributed by atoms with Crippen molar-refractivity contribution in [3.8, 4) is 0 Å². The van der Waals surface area contributed by atoms with Gasteiger partial charge in [0, 0.05) is 49.6 Å². The van der Waals surface area contributed by atoms with Gasteiger partial charge in [-0.2, -0.15) is 0 Å². The number of piperazine rings is 1. The highest BCUT2D eigenvalue weighted by Gasteiger charge is 2.28. The normalized spacial score (nSPS) is 15.4. The summed E-state index contributed by atoms with van der Waals surface area (Å²) in [6.07, 6.45) is 0.837. The van der Waals surface area contributed by atoms with Gasteiger partial charge in [-0.1, -0.05) is 42.8 Å². The van der Waals surface area contributed by atoms with Crippen molar-refractivity contribution in [2.45, 2.75) is 26.3 Å². The average molecular weight is 443 g/mol.